The number of aromatic hydroxyl groups is 1. The molecule has 3 aromatic carbocycles. The van der Waals surface area contributed by atoms with E-state index in [0.29, 0.717) is 24.1 Å². The molecule has 6 rings (SSSR count). The number of fused-ring (bicyclic) bond motifs is 1. The SMILES string of the molecule is COCC1=C([C@H](O)CC/C(=C/c2ccc(O)cc2)c2ccccn2)[C@H](CO)[C@@H]2C(=O)N(c3ccc(Nc4ccccc4)cc3)C(=O)[C@@H]2C1. The number of phenols is 1. The van der Waals surface area contributed by atoms with Gasteiger partial charge in [0.15, 0.2) is 0 Å². The van der Waals surface area contributed by atoms with Gasteiger partial charge in [-0.1, -0.05) is 36.4 Å². The van der Waals surface area contributed by atoms with Gasteiger partial charge in [0.1, 0.15) is 5.75 Å². The zero-order valence-corrected chi connectivity index (χ0v) is 26.7. The summed E-state index contributed by atoms with van der Waals surface area (Å²) < 4.78 is 5.51. The average molecular weight is 646 g/mol. The number of amides is 2. The van der Waals surface area contributed by atoms with Crippen molar-refractivity contribution in [3.05, 3.63) is 126 Å². The smallest absolute Gasteiger partial charge is 0.238 e. The van der Waals surface area contributed by atoms with E-state index >= 15 is 0 Å². The summed E-state index contributed by atoms with van der Waals surface area (Å²) in [7, 11) is 1.55. The second-order valence-corrected chi connectivity index (χ2v) is 12.2. The Morgan fingerprint density at radius 3 is 2.33 bits per heavy atom. The molecule has 1 saturated heterocycles. The minimum Gasteiger partial charge on any atom is -0.508 e. The summed E-state index contributed by atoms with van der Waals surface area (Å²) in [6, 6.07) is 29.3. The Labute approximate surface area is 279 Å². The number of carbonyl (C=O) groups excluding carboxylic acids is 2. The number of hydrogen-bond acceptors (Lipinski definition) is 8. The number of phenolic OH excluding ortho intramolecular Hbond substituents is 1. The van der Waals surface area contributed by atoms with Gasteiger partial charge in [-0.15, -0.1) is 0 Å². The van der Waals surface area contributed by atoms with E-state index in [1.165, 1.54) is 4.90 Å². The van der Waals surface area contributed by atoms with Crippen LogP contribution in [0.15, 0.2) is 114 Å². The lowest BCUT2D eigenvalue weighted by Gasteiger charge is -2.36. The molecule has 1 aromatic heterocycles. The largest absolute Gasteiger partial charge is 0.508 e. The Morgan fingerprint density at radius 2 is 1.67 bits per heavy atom. The number of allylic oxidation sites excluding steroid dienone is 1. The summed E-state index contributed by atoms with van der Waals surface area (Å²) in [5.74, 6) is -2.75. The van der Waals surface area contributed by atoms with Gasteiger partial charge in [-0.2, -0.15) is 0 Å². The number of benzene rings is 3. The third-order valence-electron chi connectivity index (χ3n) is 9.16. The summed E-state index contributed by atoms with van der Waals surface area (Å²) in [5.41, 5.74) is 6.00. The quantitative estimate of drug-likeness (QED) is 0.109. The van der Waals surface area contributed by atoms with Crippen molar-refractivity contribution in [2.45, 2.75) is 25.4 Å². The highest BCUT2D eigenvalue weighted by Gasteiger charge is 2.55. The number of nitrogens with one attached hydrogen (secondary N) is 1. The van der Waals surface area contributed by atoms with Gasteiger partial charge in [-0.05, 0) is 108 Å². The van der Waals surface area contributed by atoms with Crippen molar-refractivity contribution in [2.75, 3.05) is 30.5 Å². The molecule has 4 aromatic rings. The fourth-order valence-corrected chi connectivity index (χ4v) is 6.95. The van der Waals surface area contributed by atoms with Crippen molar-refractivity contribution in [1.29, 1.82) is 0 Å². The number of rotatable bonds is 12. The predicted octanol–water partition coefficient (Wildman–Crippen LogP) is 5.97. The summed E-state index contributed by atoms with van der Waals surface area (Å²) >= 11 is 0. The van der Waals surface area contributed by atoms with Crippen molar-refractivity contribution in [3.8, 4) is 5.75 Å². The highest BCUT2D eigenvalue weighted by Crippen LogP contribution is 2.47. The third kappa shape index (κ3) is 6.94. The number of pyridine rings is 1. The molecule has 246 valence electrons. The first-order valence-corrected chi connectivity index (χ1v) is 16.1. The molecule has 2 amide bonds. The van der Waals surface area contributed by atoms with Crippen LogP contribution in [0.5, 0.6) is 5.75 Å². The van der Waals surface area contributed by atoms with Crippen LogP contribution in [0.2, 0.25) is 0 Å². The molecule has 9 heteroatoms. The number of aliphatic hydroxyl groups excluding tert-OH is 2. The number of imide groups is 1. The van der Waals surface area contributed by atoms with Crippen molar-refractivity contribution in [1.82, 2.24) is 4.98 Å². The van der Waals surface area contributed by atoms with Crippen LogP contribution >= 0.6 is 0 Å². The van der Waals surface area contributed by atoms with Gasteiger partial charge < -0.3 is 25.4 Å². The van der Waals surface area contributed by atoms with E-state index in [4.69, 9.17) is 4.74 Å². The number of nitrogens with zero attached hydrogens (tertiary/aromatic N) is 2. The van der Waals surface area contributed by atoms with Gasteiger partial charge in [0.25, 0.3) is 0 Å². The molecule has 1 aliphatic heterocycles. The van der Waals surface area contributed by atoms with E-state index in [1.54, 1.807) is 49.7 Å². The fraction of sp³-hybridized carbons (Fsp3) is 0.256. The minimum absolute atomic E-state index is 0.167. The maximum atomic E-state index is 14.0. The molecule has 2 heterocycles. The molecule has 0 bridgehead atoms. The van der Waals surface area contributed by atoms with Gasteiger partial charge >= 0.3 is 0 Å². The lowest BCUT2D eigenvalue weighted by atomic mass is 9.68. The van der Waals surface area contributed by atoms with Gasteiger partial charge in [0.05, 0.1) is 42.5 Å². The zero-order chi connectivity index (χ0) is 33.6. The first-order chi connectivity index (χ1) is 23.4. The Kier molecular flexibility index (Phi) is 10.1. The van der Waals surface area contributed by atoms with Crippen molar-refractivity contribution in [2.24, 2.45) is 17.8 Å². The lowest BCUT2D eigenvalue weighted by Crippen LogP contribution is -2.39. The first-order valence-electron chi connectivity index (χ1n) is 16.1. The molecule has 9 nitrogen and oxygen atoms in total. The molecule has 2 aliphatic rings. The Morgan fingerprint density at radius 1 is 0.958 bits per heavy atom. The number of hydrogen-bond donors (Lipinski definition) is 4. The summed E-state index contributed by atoms with van der Waals surface area (Å²) in [5, 5.41) is 35.5. The van der Waals surface area contributed by atoms with E-state index < -0.39 is 30.5 Å². The van der Waals surface area contributed by atoms with Crippen LogP contribution < -0.4 is 10.2 Å². The lowest BCUT2D eigenvalue weighted by molar-refractivity contribution is -0.123. The topological polar surface area (TPSA) is 132 Å². The van der Waals surface area contributed by atoms with Gasteiger partial charge in [-0.25, -0.2) is 0 Å². The Bertz CT molecular complexity index is 1790. The molecule has 4 N–H and O–H groups in total. The highest BCUT2D eigenvalue weighted by atomic mass is 16.5. The second-order valence-electron chi connectivity index (χ2n) is 12.2. The molecular formula is C39H39N3O6. The highest BCUT2D eigenvalue weighted by molar-refractivity contribution is 6.22. The van der Waals surface area contributed by atoms with E-state index in [0.717, 1.165) is 33.8 Å². The molecule has 48 heavy (non-hydrogen) atoms. The monoisotopic (exact) mass is 645 g/mol. The van der Waals surface area contributed by atoms with Crippen molar-refractivity contribution < 1.29 is 29.6 Å². The van der Waals surface area contributed by atoms with Crippen LogP contribution in [-0.2, 0) is 14.3 Å². The van der Waals surface area contributed by atoms with Crippen LogP contribution in [0.4, 0.5) is 17.1 Å². The normalized spacial score (nSPS) is 20.2. The summed E-state index contributed by atoms with van der Waals surface area (Å²) in [4.78, 5) is 33.6. The first kappa shape index (κ1) is 32.8. The summed E-state index contributed by atoms with van der Waals surface area (Å²) in [6.07, 6.45) is 3.67. The van der Waals surface area contributed by atoms with E-state index in [2.05, 4.69) is 10.3 Å². The maximum Gasteiger partial charge on any atom is 0.238 e. The number of aliphatic hydroxyl groups is 2. The molecule has 4 atom stereocenters. The average Bonchev–Trinajstić information content (AvgIpc) is 3.36. The van der Waals surface area contributed by atoms with Crippen LogP contribution in [0.3, 0.4) is 0 Å². The molecular weight excluding hydrogens is 606 g/mol. The number of anilines is 3. The Hall–Kier alpha value is -5.09. The molecule has 1 fully saturated rings. The fourth-order valence-electron chi connectivity index (χ4n) is 6.95. The van der Waals surface area contributed by atoms with Gasteiger partial charge in [-0.3, -0.25) is 19.5 Å². The molecule has 0 spiro atoms. The number of aromatic nitrogens is 1. The zero-order valence-electron chi connectivity index (χ0n) is 26.7. The third-order valence-corrected chi connectivity index (χ3v) is 9.16. The van der Waals surface area contributed by atoms with Gasteiger partial charge in [0, 0.05) is 30.6 Å². The van der Waals surface area contributed by atoms with E-state index in [1.807, 2.05) is 66.7 Å². The number of para-hydroxylation sites is 1. The van der Waals surface area contributed by atoms with E-state index in [9.17, 15) is 24.9 Å². The van der Waals surface area contributed by atoms with Crippen LogP contribution in [0.1, 0.15) is 30.5 Å². The molecule has 1 aliphatic carbocycles. The molecule has 0 radical (unpaired) electrons. The van der Waals surface area contributed by atoms with Crippen LogP contribution in [0.25, 0.3) is 11.6 Å². The minimum atomic E-state index is -1.000. The van der Waals surface area contributed by atoms with Crippen LogP contribution in [-0.4, -0.2) is 58.5 Å². The van der Waals surface area contributed by atoms with Crippen molar-refractivity contribution >= 4 is 40.5 Å². The number of carbonyl (C=O) groups is 2. The van der Waals surface area contributed by atoms with E-state index in [-0.39, 0.29) is 30.6 Å². The number of methoxy groups -OCH3 is 1. The number of ether oxygens (including phenoxy) is 1. The molecule has 0 unspecified atom stereocenters. The maximum absolute atomic E-state index is 14.0. The van der Waals surface area contributed by atoms with Crippen LogP contribution in [0, 0.1) is 17.8 Å². The summed E-state index contributed by atoms with van der Waals surface area (Å²) in [6.45, 7) is -0.228. The van der Waals surface area contributed by atoms with Gasteiger partial charge in [0.2, 0.25) is 11.8 Å². The standard InChI is InChI=1S/C39H39N3O6/c1-48-24-27-22-32-37(39(47)42(38(32)46)30-15-13-29(14-16-30)41-28-7-3-2-4-8-28)33(23-43)36(27)35(45)19-12-26(34-9-5-6-20-40-34)21-25-10-17-31(44)18-11-25/h2-11,13-18,20-21,32-33,35,37,41,43-45H,12,19,22-24H2,1H3/b26-21-/t32-,33+,35-,37-/m1/s1. The second kappa shape index (κ2) is 14.8. The Balaban J connectivity index is 1.24. The molecule has 0 saturated carbocycles. The predicted molar refractivity (Wildman–Crippen MR) is 185 cm³/mol. The van der Waals surface area contributed by atoms with Crippen molar-refractivity contribution in [3.63, 3.8) is 0 Å².